The molecular formula is C52H46N2O7. The van der Waals surface area contributed by atoms with E-state index in [1.54, 1.807) is 32.0 Å². The monoisotopic (exact) mass is 810 g/mol. The van der Waals surface area contributed by atoms with Gasteiger partial charge in [-0.15, -0.1) is 6.58 Å². The zero-order chi connectivity index (χ0) is 41.9. The molecule has 0 unspecified atom stereocenters. The van der Waals surface area contributed by atoms with Crippen molar-refractivity contribution in [3.8, 4) is 56.9 Å². The molecule has 306 valence electrons. The molecule has 9 heteroatoms. The molecule has 9 rings (SSSR count). The van der Waals surface area contributed by atoms with Gasteiger partial charge in [0, 0.05) is 41.1 Å². The minimum Gasteiger partial charge on any atom is -0.493 e. The number of ether oxygens (including phenoxy) is 6. The number of hydrogen-bond donors (Lipinski definition) is 0. The number of benzene rings is 6. The maximum atomic E-state index is 15.2. The quantitative estimate of drug-likeness (QED) is 0.0954. The van der Waals surface area contributed by atoms with E-state index in [-0.39, 0.29) is 12.1 Å². The van der Waals surface area contributed by atoms with Crippen LogP contribution in [0, 0.1) is 0 Å². The number of aromatic nitrogens is 2. The van der Waals surface area contributed by atoms with Gasteiger partial charge in [-0.2, -0.15) is 0 Å². The highest BCUT2D eigenvalue weighted by molar-refractivity contribution is 6.17. The molecule has 1 aliphatic rings. The second kappa shape index (κ2) is 17.1. The van der Waals surface area contributed by atoms with E-state index in [1.165, 1.54) is 0 Å². The Morgan fingerprint density at radius 1 is 0.607 bits per heavy atom. The third-order valence-corrected chi connectivity index (χ3v) is 11.3. The van der Waals surface area contributed by atoms with Crippen molar-refractivity contribution in [1.82, 2.24) is 9.13 Å². The number of allylic oxidation sites excluding steroid dienone is 1. The van der Waals surface area contributed by atoms with Gasteiger partial charge in [0.05, 0.1) is 32.5 Å². The van der Waals surface area contributed by atoms with E-state index in [2.05, 4.69) is 17.2 Å². The highest BCUT2D eigenvalue weighted by Gasteiger charge is 2.31. The van der Waals surface area contributed by atoms with E-state index in [1.807, 2.05) is 127 Å². The lowest BCUT2D eigenvalue weighted by atomic mass is 9.91. The van der Waals surface area contributed by atoms with Crippen LogP contribution >= 0.6 is 0 Å². The molecule has 9 nitrogen and oxygen atoms in total. The first-order valence-corrected chi connectivity index (χ1v) is 20.3. The molecule has 61 heavy (non-hydrogen) atoms. The van der Waals surface area contributed by atoms with Crippen molar-refractivity contribution in [2.45, 2.75) is 39.3 Å². The average molecular weight is 811 g/mol. The van der Waals surface area contributed by atoms with E-state index < -0.39 is 0 Å². The van der Waals surface area contributed by atoms with Crippen molar-refractivity contribution < 1.29 is 28.4 Å². The third kappa shape index (κ3) is 7.44. The van der Waals surface area contributed by atoms with Gasteiger partial charge in [0.2, 0.25) is 0 Å². The number of methoxy groups -OCH3 is 3. The van der Waals surface area contributed by atoms with E-state index >= 15 is 4.79 Å². The van der Waals surface area contributed by atoms with E-state index in [0.29, 0.717) is 78.3 Å². The number of hydrogen-bond acceptors (Lipinski definition) is 7. The number of nitrogens with zero attached hydrogens (tertiary/aromatic N) is 2. The molecule has 0 spiro atoms. The molecule has 6 aromatic carbocycles. The van der Waals surface area contributed by atoms with Crippen LogP contribution in [-0.2, 0) is 39.3 Å². The Hall–Kier alpha value is -7.39. The van der Waals surface area contributed by atoms with Crippen LogP contribution in [0.15, 0.2) is 151 Å². The Labute approximate surface area is 354 Å². The van der Waals surface area contributed by atoms with Gasteiger partial charge in [-0.25, -0.2) is 0 Å². The largest absolute Gasteiger partial charge is 0.493 e. The van der Waals surface area contributed by atoms with Crippen LogP contribution in [0.25, 0.3) is 44.2 Å². The summed E-state index contributed by atoms with van der Waals surface area (Å²) in [7, 11) is 4.93. The normalized spacial score (nSPS) is 11.8. The van der Waals surface area contributed by atoms with Crippen LogP contribution in [0.3, 0.4) is 0 Å². The third-order valence-electron chi connectivity index (χ3n) is 11.3. The molecule has 8 aromatic rings. The molecule has 0 N–H and O–H groups in total. The summed E-state index contributed by atoms with van der Waals surface area (Å²) in [5, 5.41) is 1.62. The van der Waals surface area contributed by atoms with E-state index in [4.69, 9.17) is 28.4 Å². The molecule has 0 saturated carbocycles. The molecule has 0 amide bonds. The number of pyridine rings is 1. The van der Waals surface area contributed by atoms with Gasteiger partial charge in [-0.05, 0) is 64.6 Å². The summed E-state index contributed by atoms with van der Waals surface area (Å²) >= 11 is 0. The molecule has 0 bridgehead atoms. The lowest BCUT2D eigenvalue weighted by Crippen LogP contribution is -2.23. The van der Waals surface area contributed by atoms with Crippen molar-refractivity contribution in [2.24, 2.45) is 0 Å². The maximum Gasteiger partial charge on any atom is 0.275 e. The number of fused-ring (bicyclic) bond motifs is 7. The molecule has 1 aliphatic heterocycles. The highest BCUT2D eigenvalue weighted by Crippen LogP contribution is 2.50. The Bertz CT molecular complexity index is 2940. The fourth-order valence-corrected chi connectivity index (χ4v) is 8.37. The summed E-state index contributed by atoms with van der Waals surface area (Å²) in [4.78, 5) is 15.2. The Morgan fingerprint density at radius 3 is 1.70 bits per heavy atom. The fraction of sp³-hybridized carbons (Fsp3) is 0.173. The van der Waals surface area contributed by atoms with Gasteiger partial charge >= 0.3 is 0 Å². The highest BCUT2D eigenvalue weighted by atomic mass is 16.5. The van der Waals surface area contributed by atoms with E-state index in [9.17, 15) is 0 Å². The summed E-state index contributed by atoms with van der Waals surface area (Å²) in [6, 6.07) is 44.1. The smallest absolute Gasteiger partial charge is 0.275 e. The van der Waals surface area contributed by atoms with Crippen molar-refractivity contribution in [3.63, 3.8) is 0 Å². The van der Waals surface area contributed by atoms with Crippen LogP contribution in [0.2, 0.25) is 0 Å². The topological polar surface area (TPSA) is 82.3 Å². The lowest BCUT2D eigenvalue weighted by molar-refractivity contribution is 0.284. The second-order valence-corrected chi connectivity index (χ2v) is 14.9. The second-order valence-electron chi connectivity index (χ2n) is 14.9. The molecule has 0 radical (unpaired) electrons. The summed E-state index contributed by atoms with van der Waals surface area (Å²) in [5.41, 5.74) is 8.88. The summed E-state index contributed by atoms with van der Waals surface area (Å²) in [5.74, 6) is 3.50. The van der Waals surface area contributed by atoms with Gasteiger partial charge in [0.15, 0.2) is 34.5 Å². The summed E-state index contributed by atoms with van der Waals surface area (Å²) < 4.78 is 41.1. The summed E-state index contributed by atoms with van der Waals surface area (Å²) in [6.07, 6.45) is 2.42. The van der Waals surface area contributed by atoms with Crippen LogP contribution in [0.4, 0.5) is 0 Å². The molecule has 0 fully saturated rings. The molecule has 2 aromatic heterocycles. The fourth-order valence-electron chi connectivity index (χ4n) is 8.37. The van der Waals surface area contributed by atoms with Crippen LogP contribution in [-0.4, -0.2) is 30.5 Å². The van der Waals surface area contributed by atoms with Gasteiger partial charge in [0.1, 0.15) is 25.3 Å². The van der Waals surface area contributed by atoms with Gasteiger partial charge in [-0.1, -0.05) is 103 Å². The minimum absolute atomic E-state index is 0.138. The van der Waals surface area contributed by atoms with Crippen LogP contribution in [0.5, 0.6) is 34.5 Å². The molecule has 0 atom stereocenters. The lowest BCUT2D eigenvalue weighted by Gasteiger charge is -2.24. The predicted octanol–water partition coefficient (Wildman–Crippen LogP) is 10.8. The summed E-state index contributed by atoms with van der Waals surface area (Å²) in [6.45, 7) is 5.96. The SMILES string of the molecule is C=CCn1c(=O)c2c(c(-c3ccc(OC)c(OCc4ccccc4)c3)c3n2CCc2cc(OCc4ccccc4)c(OC)cc2-3)c2cc(OC)c(OCc3ccccc3)cc21. The minimum atomic E-state index is -0.138. The maximum absolute atomic E-state index is 15.2. The van der Waals surface area contributed by atoms with Crippen molar-refractivity contribution in [3.05, 3.63) is 179 Å². The van der Waals surface area contributed by atoms with Crippen LogP contribution < -0.4 is 34.0 Å². The first-order chi connectivity index (χ1) is 30.0. The standard InChI is InChI=1S/C52H46N2O7/c1-5-24-53-41-30-47(61-33-36-19-13-8-14-20-36)44(58-4)29-40(41)49-48(38-21-22-42(56-2)45(27-38)59-31-34-15-9-6-10-16-34)50-39-28-43(57-3)46(60-32-35-17-11-7-12-18-35)26-37(39)23-25-54(50)51(49)52(53)55/h5-22,26-30H,1,23-25,31-33H2,2-4H3. The van der Waals surface area contributed by atoms with Crippen molar-refractivity contribution in [1.29, 1.82) is 0 Å². The van der Waals surface area contributed by atoms with Gasteiger partial charge in [-0.3, -0.25) is 4.79 Å². The molecule has 3 heterocycles. The number of aryl methyl sites for hydroxylation is 2. The average Bonchev–Trinajstić information content (AvgIpc) is 3.67. The predicted molar refractivity (Wildman–Crippen MR) is 240 cm³/mol. The van der Waals surface area contributed by atoms with Crippen molar-refractivity contribution >= 4 is 21.8 Å². The van der Waals surface area contributed by atoms with Crippen molar-refractivity contribution in [2.75, 3.05) is 21.3 Å². The zero-order valence-corrected chi connectivity index (χ0v) is 34.5. The van der Waals surface area contributed by atoms with Crippen LogP contribution in [0.1, 0.15) is 22.3 Å². The van der Waals surface area contributed by atoms with Gasteiger partial charge < -0.3 is 37.6 Å². The first kappa shape index (κ1) is 39.1. The van der Waals surface area contributed by atoms with E-state index in [0.717, 1.165) is 55.4 Å². The number of rotatable bonds is 15. The molecule has 0 saturated heterocycles. The first-order valence-electron chi connectivity index (χ1n) is 20.3. The Morgan fingerprint density at radius 2 is 1.15 bits per heavy atom. The molecular weight excluding hydrogens is 765 g/mol. The zero-order valence-electron chi connectivity index (χ0n) is 34.5. The van der Waals surface area contributed by atoms with Gasteiger partial charge in [0.25, 0.3) is 5.56 Å². The Balaban J connectivity index is 1.30. The molecule has 0 aliphatic carbocycles. The Kier molecular flexibility index (Phi) is 10.9.